The minimum Gasteiger partial charge on any atom is -0.324 e. The van der Waals surface area contributed by atoms with Crippen molar-refractivity contribution < 1.29 is 4.79 Å². The molecule has 0 spiro atoms. The number of carbonyl (C=O) groups is 1. The maximum atomic E-state index is 12.5. The summed E-state index contributed by atoms with van der Waals surface area (Å²) in [5, 5.41) is 3.69. The second-order valence-electron chi connectivity index (χ2n) is 5.32. The smallest absolute Gasteiger partial charge is 0.261 e. The molecule has 1 heterocycles. The predicted octanol–water partition coefficient (Wildman–Crippen LogP) is 3.65. The molecule has 0 fully saturated rings. The fraction of sp³-hybridized carbons (Fsp3) is 0.118. The molecule has 0 unspecified atom stereocenters. The summed E-state index contributed by atoms with van der Waals surface area (Å²) < 4.78 is 1.22. The number of amides is 1. The van der Waals surface area contributed by atoms with Crippen molar-refractivity contribution in [2.75, 3.05) is 5.32 Å². The number of fused-ring (bicyclic) bond motifs is 1. The number of halogens is 2. The van der Waals surface area contributed by atoms with Gasteiger partial charge in [0.25, 0.3) is 5.56 Å². The number of aryl methyl sites for hydroxylation is 1. The third-order valence-corrected chi connectivity index (χ3v) is 4.09. The maximum Gasteiger partial charge on any atom is 0.261 e. The van der Waals surface area contributed by atoms with Crippen LogP contribution < -0.4 is 10.9 Å². The molecule has 5 nitrogen and oxygen atoms in total. The van der Waals surface area contributed by atoms with Crippen molar-refractivity contribution in [2.24, 2.45) is 0 Å². The number of nitrogens with zero attached hydrogens (tertiary/aromatic N) is 2. The van der Waals surface area contributed by atoms with Crippen molar-refractivity contribution in [3.8, 4) is 0 Å². The number of benzene rings is 2. The van der Waals surface area contributed by atoms with Crippen molar-refractivity contribution in [3.05, 3.63) is 68.7 Å². The highest BCUT2D eigenvalue weighted by atomic mass is 35.5. The normalized spacial score (nSPS) is 10.8. The van der Waals surface area contributed by atoms with Crippen LogP contribution in [0.1, 0.15) is 5.56 Å². The zero-order valence-electron chi connectivity index (χ0n) is 12.7. The lowest BCUT2D eigenvalue weighted by atomic mass is 10.2. The van der Waals surface area contributed by atoms with Crippen LogP contribution in [-0.4, -0.2) is 15.5 Å². The molecular formula is C17H13Cl2N3O2. The Morgan fingerprint density at radius 3 is 2.75 bits per heavy atom. The van der Waals surface area contributed by atoms with Crippen LogP contribution in [0.15, 0.2) is 47.5 Å². The van der Waals surface area contributed by atoms with Gasteiger partial charge in [0, 0.05) is 10.7 Å². The summed E-state index contributed by atoms with van der Waals surface area (Å²) in [7, 11) is 0. The van der Waals surface area contributed by atoms with Crippen molar-refractivity contribution in [2.45, 2.75) is 13.5 Å². The summed E-state index contributed by atoms with van der Waals surface area (Å²) in [6, 6.07) is 10.4. The van der Waals surface area contributed by atoms with Crippen molar-refractivity contribution in [1.29, 1.82) is 0 Å². The summed E-state index contributed by atoms with van der Waals surface area (Å²) in [5.74, 6) is -0.319. The molecule has 0 saturated heterocycles. The van der Waals surface area contributed by atoms with E-state index in [2.05, 4.69) is 10.3 Å². The number of rotatable bonds is 3. The molecule has 24 heavy (non-hydrogen) atoms. The second kappa shape index (κ2) is 6.63. The molecule has 1 amide bonds. The largest absolute Gasteiger partial charge is 0.324 e. The number of nitrogens with one attached hydrogen (secondary N) is 1. The minimum atomic E-state index is -0.371. The van der Waals surface area contributed by atoms with E-state index in [1.54, 1.807) is 6.07 Å². The predicted molar refractivity (Wildman–Crippen MR) is 95.8 cm³/mol. The van der Waals surface area contributed by atoms with E-state index in [4.69, 9.17) is 23.2 Å². The highest BCUT2D eigenvalue weighted by Gasteiger charge is 2.12. The van der Waals surface area contributed by atoms with Crippen LogP contribution in [0.25, 0.3) is 10.9 Å². The van der Waals surface area contributed by atoms with Crippen molar-refractivity contribution in [3.63, 3.8) is 0 Å². The van der Waals surface area contributed by atoms with Crippen molar-refractivity contribution in [1.82, 2.24) is 9.55 Å². The molecule has 0 aliphatic heterocycles. The lowest BCUT2D eigenvalue weighted by Crippen LogP contribution is -2.28. The number of anilines is 1. The van der Waals surface area contributed by atoms with E-state index in [0.29, 0.717) is 21.2 Å². The molecule has 0 bridgehead atoms. The Morgan fingerprint density at radius 1 is 1.25 bits per heavy atom. The molecule has 1 N–H and O–H groups in total. The summed E-state index contributed by atoms with van der Waals surface area (Å²) >= 11 is 12.0. The van der Waals surface area contributed by atoms with Crippen LogP contribution in [0.3, 0.4) is 0 Å². The Morgan fingerprint density at radius 2 is 2.00 bits per heavy atom. The van der Waals surface area contributed by atoms with E-state index in [-0.39, 0.29) is 23.4 Å². The average Bonchev–Trinajstić information content (AvgIpc) is 2.53. The molecule has 0 radical (unpaired) electrons. The minimum absolute atomic E-state index is 0.153. The van der Waals surface area contributed by atoms with Gasteiger partial charge in [0.2, 0.25) is 5.91 Å². The van der Waals surface area contributed by atoms with E-state index in [1.807, 2.05) is 25.1 Å². The highest BCUT2D eigenvalue weighted by molar-refractivity contribution is 6.38. The molecule has 3 rings (SSSR count). The molecule has 122 valence electrons. The molecule has 3 aromatic rings. The molecular weight excluding hydrogens is 349 g/mol. The fourth-order valence-electron chi connectivity index (χ4n) is 2.37. The van der Waals surface area contributed by atoms with E-state index < -0.39 is 0 Å². The second-order valence-corrected chi connectivity index (χ2v) is 6.17. The van der Waals surface area contributed by atoms with Gasteiger partial charge in [0.1, 0.15) is 6.54 Å². The first-order valence-corrected chi connectivity index (χ1v) is 7.91. The number of carbonyl (C=O) groups excluding carboxylic acids is 1. The van der Waals surface area contributed by atoms with Gasteiger partial charge in [-0.2, -0.15) is 0 Å². The topological polar surface area (TPSA) is 64.0 Å². The third kappa shape index (κ3) is 3.27. The molecule has 7 heteroatoms. The molecule has 0 aliphatic rings. The van der Waals surface area contributed by atoms with E-state index in [9.17, 15) is 9.59 Å². The van der Waals surface area contributed by atoms with Crippen LogP contribution in [0.4, 0.5) is 5.69 Å². The van der Waals surface area contributed by atoms with E-state index >= 15 is 0 Å². The van der Waals surface area contributed by atoms with Gasteiger partial charge in [0.05, 0.1) is 22.3 Å². The quantitative estimate of drug-likeness (QED) is 0.774. The number of hydrogen-bond acceptors (Lipinski definition) is 3. The summed E-state index contributed by atoms with van der Waals surface area (Å²) in [6.07, 6.45) is 1.31. The van der Waals surface area contributed by atoms with Gasteiger partial charge in [-0.25, -0.2) is 4.98 Å². The number of hydrogen-bond donors (Lipinski definition) is 1. The van der Waals surface area contributed by atoms with Gasteiger partial charge >= 0.3 is 0 Å². The Kier molecular flexibility index (Phi) is 4.55. The third-order valence-electron chi connectivity index (χ3n) is 3.58. The van der Waals surface area contributed by atoms with Crippen LogP contribution in [0.2, 0.25) is 10.0 Å². The summed E-state index contributed by atoms with van der Waals surface area (Å²) in [4.78, 5) is 28.9. The molecule has 0 saturated carbocycles. The zero-order valence-corrected chi connectivity index (χ0v) is 14.2. The van der Waals surface area contributed by atoms with Gasteiger partial charge in [-0.15, -0.1) is 0 Å². The Hall–Kier alpha value is -2.37. The maximum absolute atomic E-state index is 12.5. The molecule has 2 aromatic carbocycles. The monoisotopic (exact) mass is 361 g/mol. The van der Waals surface area contributed by atoms with Gasteiger partial charge in [0.15, 0.2) is 0 Å². The highest BCUT2D eigenvalue weighted by Crippen LogP contribution is 2.24. The van der Waals surface area contributed by atoms with Gasteiger partial charge < -0.3 is 5.32 Å². The Labute approximate surface area is 147 Å². The van der Waals surface area contributed by atoms with Crippen LogP contribution >= 0.6 is 23.2 Å². The number of aromatic nitrogens is 2. The lowest BCUT2D eigenvalue weighted by molar-refractivity contribution is -0.116. The molecule has 0 atom stereocenters. The van der Waals surface area contributed by atoms with Crippen LogP contribution in [-0.2, 0) is 11.3 Å². The van der Waals surface area contributed by atoms with Crippen LogP contribution in [0, 0.1) is 6.92 Å². The first-order valence-electron chi connectivity index (χ1n) is 7.15. The van der Waals surface area contributed by atoms with Crippen molar-refractivity contribution >= 4 is 45.7 Å². The van der Waals surface area contributed by atoms with Gasteiger partial charge in [-0.3, -0.25) is 14.2 Å². The zero-order chi connectivity index (χ0) is 17.3. The SMILES string of the molecule is Cc1ccccc1NC(=O)Cn1cnc2c(Cl)cc(Cl)cc2c1=O. The van der Waals surface area contributed by atoms with Crippen LogP contribution in [0.5, 0.6) is 0 Å². The molecule has 1 aromatic heterocycles. The summed E-state index contributed by atoms with van der Waals surface area (Å²) in [5.41, 5.74) is 1.63. The summed E-state index contributed by atoms with van der Waals surface area (Å²) in [6.45, 7) is 1.74. The Balaban J connectivity index is 1.90. The fourth-order valence-corrected chi connectivity index (χ4v) is 2.91. The van der Waals surface area contributed by atoms with Gasteiger partial charge in [-0.05, 0) is 30.7 Å². The first kappa shape index (κ1) is 16.5. The average molecular weight is 362 g/mol. The lowest BCUT2D eigenvalue weighted by Gasteiger charge is -2.10. The van der Waals surface area contributed by atoms with E-state index in [0.717, 1.165) is 5.56 Å². The standard InChI is InChI=1S/C17H13Cl2N3O2/c1-10-4-2-3-5-14(10)21-15(23)8-22-9-20-16-12(17(22)24)6-11(18)7-13(16)19/h2-7,9H,8H2,1H3,(H,21,23). The molecule has 0 aliphatic carbocycles. The first-order chi connectivity index (χ1) is 11.5. The Bertz CT molecular complexity index is 999. The van der Waals surface area contributed by atoms with E-state index in [1.165, 1.54) is 23.0 Å². The number of para-hydroxylation sites is 1. The van der Waals surface area contributed by atoms with Gasteiger partial charge in [-0.1, -0.05) is 41.4 Å².